The predicted octanol–water partition coefficient (Wildman–Crippen LogP) is 2.52. The number of nitrogens with one attached hydrogen (secondary N) is 1. The van der Waals surface area contributed by atoms with Crippen LogP contribution in [0.15, 0.2) is 54.6 Å². The predicted molar refractivity (Wildman–Crippen MR) is 75.5 cm³/mol. The topological polar surface area (TPSA) is 49.3 Å². The maximum atomic E-state index is 11.1. The first-order valence-corrected chi connectivity index (χ1v) is 6.26. The zero-order valence-electron chi connectivity index (χ0n) is 10.8. The highest BCUT2D eigenvalue weighted by Gasteiger charge is 2.08. The van der Waals surface area contributed by atoms with E-state index in [9.17, 15) is 4.79 Å². The minimum absolute atomic E-state index is 0.107. The molecule has 1 amide bonds. The molecule has 0 saturated carbocycles. The molecule has 3 heteroatoms. The van der Waals surface area contributed by atoms with Crippen molar-refractivity contribution in [2.75, 3.05) is 6.61 Å². The summed E-state index contributed by atoms with van der Waals surface area (Å²) in [7, 11) is 0. The van der Waals surface area contributed by atoms with Gasteiger partial charge in [0, 0.05) is 0 Å². The van der Waals surface area contributed by atoms with Crippen molar-refractivity contribution in [1.29, 1.82) is 0 Å². The van der Waals surface area contributed by atoms with E-state index in [2.05, 4.69) is 17.4 Å². The van der Waals surface area contributed by atoms with Crippen molar-refractivity contribution < 1.29 is 9.90 Å². The number of carbonyl (C=O) groups is 1. The fraction of sp³-hybridized carbons (Fsp3) is 0.188. The molecule has 2 aromatic rings. The van der Waals surface area contributed by atoms with Crippen LogP contribution in [0.25, 0.3) is 11.1 Å². The van der Waals surface area contributed by atoms with Crippen LogP contribution < -0.4 is 5.32 Å². The van der Waals surface area contributed by atoms with Gasteiger partial charge in [-0.3, -0.25) is 4.79 Å². The van der Waals surface area contributed by atoms with E-state index in [0.717, 1.165) is 11.1 Å². The first-order valence-electron chi connectivity index (χ1n) is 6.26. The van der Waals surface area contributed by atoms with Crippen molar-refractivity contribution in [3.8, 4) is 11.1 Å². The smallest absolute Gasteiger partial charge is 0.246 e. The number of rotatable bonds is 4. The molecule has 0 radical (unpaired) electrons. The lowest BCUT2D eigenvalue weighted by Crippen LogP contribution is -2.28. The van der Waals surface area contributed by atoms with Crippen LogP contribution in [0.1, 0.15) is 18.5 Å². The quantitative estimate of drug-likeness (QED) is 0.882. The molecule has 0 aliphatic carbocycles. The van der Waals surface area contributed by atoms with E-state index in [-0.39, 0.29) is 11.9 Å². The van der Waals surface area contributed by atoms with Crippen molar-refractivity contribution in [1.82, 2.24) is 5.32 Å². The Bertz CT molecular complexity index is 534. The van der Waals surface area contributed by atoms with Crippen LogP contribution in [0.5, 0.6) is 0 Å². The van der Waals surface area contributed by atoms with E-state index in [1.165, 1.54) is 5.56 Å². The fourth-order valence-corrected chi connectivity index (χ4v) is 1.97. The molecule has 0 aliphatic heterocycles. The molecule has 0 aliphatic rings. The third-order valence-corrected chi connectivity index (χ3v) is 3.04. The zero-order chi connectivity index (χ0) is 13.7. The minimum atomic E-state index is -0.480. The fourth-order valence-electron chi connectivity index (χ4n) is 1.97. The molecule has 0 saturated heterocycles. The second-order valence-electron chi connectivity index (χ2n) is 4.44. The molecule has 2 rings (SSSR count). The van der Waals surface area contributed by atoms with Gasteiger partial charge in [-0.2, -0.15) is 0 Å². The molecule has 98 valence electrons. The molecule has 0 aromatic heterocycles. The van der Waals surface area contributed by atoms with Crippen LogP contribution in [0.2, 0.25) is 0 Å². The molecule has 2 N–H and O–H groups in total. The van der Waals surface area contributed by atoms with Crippen molar-refractivity contribution in [2.45, 2.75) is 13.0 Å². The van der Waals surface area contributed by atoms with Crippen LogP contribution in [0.4, 0.5) is 0 Å². The van der Waals surface area contributed by atoms with E-state index in [1.807, 2.05) is 49.4 Å². The first-order chi connectivity index (χ1) is 9.20. The van der Waals surface area contributed by atoms with E-state index in [4.69, 9.17) is 5.11 Å². The number of benzene rings is 2. The van der Waals surface area contributed by atoms with Crippen molar-refractivity contribution in [2.24, 2.45) is 0 Å². The van der Waals surface area contributed by atoms with Crippen LogP contribution >= 0.6 is 0 Å². The molecule has 0 fully saturated rings. The Morgan fingerprint density at radius 2 is 1.63 bits per heavy atom. The van der Waals surface area contributed by atoms with Gasteiger partial charge < -0.3 is 10.4 Å². The largest absolute Gasteiger partial charge is 0.387 e. The highest BCUT2D eigenvalue weighted by atomic mass is 16.3. The molecule has 19 heavy (non-hydrogen) atoms. The molecule has 0 heterocycles. The number of aliphatic hydroxyl groups excluding tert-OH is 1. The lowest BCUT2D eigenvalue weighted by atomic mass is 10.0. The third-order valence-electron chi connectivity index (χ3n) is 3.04. The summed E-state index contributed by atoms with van der Waals surface area (Å²) in [4.78, 5) is 11.1. The minimum Gasteiger partial charge on any atom is -0.387 e. The van der Waals surface area contributed by atoms with Gasteiger partial charge in [-0.25, -0.2) is 0 Å². The average Bonchev–Trinajstić information content (AvgIpc) is 2.48. The highest BCUT2D eigenvalue weighted by Crippen LogP contribution is 2.21. The SMILES string of the molecule is CC(NC(=O)CO)c1ccc(-c2ccccc2)cc1. The summed E-state index contributed by atoms with van der Waals surface area (Å²) in [5.74, 6) is -0.361. The summed E-state index contributed by atoms with van der Waals surface area (Å²) in [5, 5.41) is 11.4. The summed E-state index contributed by atoms with van der Waals surface area (Å²) in [6.45, 7) is 1.41. The summed E-state index contributed by atoms with van der Waals surface area (Å²) in [5.41, 5.74) is 3.33. The van der Waals surface area contributed by atoms with Crippen molar-refractivity contribution in [3.05, 3.63) is 60.2 Å². The maximum absolute atomic E-state index is 11.1. The van der Waals surface area contributed by atoms with Gasteiger partial charge in [-0.15, -0.1) is 0 Å². The summed E-state index contributed by atoms with van der Waals surface area (Å²) in [6, 6.07) is 18.1. The Morgan fingerprint density at radius 1 is 1.05 bits per heavy atom. The number of carbonyl (C=O) groups excluding carboxylic acids is 1. The molecule has 0 bridgehead atoms. The molecule has 1 atom stereocenters. The van der Waals surface area contributed by atoms with E-state index in [1.54, 1.807) is 0 Å². The van der Waals surface area contributed by atoms with Crippen molar-refractivity contribution >= 4 is 5.91 Å². The Kier molecular flexibility index (Phi) is 4.31. The Labute approximate surface area is 112 Å². The van der Waals surface area contributed by atoms with Crippen LogP contribution in [0.3, 0.4) is 0 Å². The van der Waals surface area contributed by atoms with E-state index in [0.29, 0.717) is 0 Å². The number of hydrogen-bond donors (Lipinski definition) is 2. The third kappa shape index (κ3) is 3.42. The Morgan fingerprint density at radius 3 is 2.21 bits per heavy atom. The lowest BCUT2D eigenvalue weighted by Gasteiger charge is -2.14. The van der Waals surface area contributed by atoms with Crippen LogP contribution in [0, 0.1) is 0 Å². The average molecular weight is 255 g/mol. The standard InChI is InChI=1S/C16H17NO2/c1-12(17-16(19)11-18)13-7-9-15(10-8-13)14-5-3-2-4-6-14/h2-10,12,18H,11H2,1H3,(H,17,19). The number of aliphatic hydroxyl groups is 1. The second kappa shape index (κ2) is 6.16. The van der Waals surface area contributed by atoms with Crippen molar-refractivity contribution in [3.63, 3.8) is 0 Å². The van der Waals surface area contributed by atoms with Gasteiger partial charge in [-0.05, 0) is 23.6 Å². The van der Waals surface area contributed by atoms with Gasteiger partial charge in [0.05, 0.1) is 6.04 Å². The monoisotopic (exact) mass is 255 g/mol. The molecule has 2 aromatic carbocycles. The number of amides is 1. The second-order valence-corrected chi connectivity index (χ2v) is 4.44. The van der Waals surface area contributed by atoms with Crippen LogP contribution in [-0.2, 0) is 4.79 Å². The molecule has 3 nitrogen and oxygen atoms in total. The molecule has 1 unspecified atom stereocenters. The van der Waals surface area contributed by atoms with Crippen LogP contribution in [-0.4, -0.2) is 17.6 Å². The van der Waals surface area contributed by atoms with Gasteiger partial charge >= 0.3 is 0 Å². The number of hydrogen-bond acceptors (Lipinski definition) is 2. The normalized spacial score (nSPS) is 11.9. The molecule has 0 spiro atoms. The van der Waals surface area contributed by atoms with E-state index >= 15 is 0 Å². The summed E-state index contributed by atoms with van der Waals surface area (Å²) >= 11 is 0. The highest BCUT2D eigenvalue weighted by molar-refractivity contribution is 5.77. The molecular weight excluding hydrogens is 238 g/mol. The van der Waals surface area contributed by atoms with Gasteiger partial charge in [0.1, 0.15) is 6.61 Å². The maximum Gasteiger partial charge on any atom is 0.246 e. The lowest BCUT2D eigenvalue weighted by molar-refractivity contribution is -0.124. The Balaban J connectivity index is 2.12. The van der Waals surface area contributed by atoms with Gasteiger partial charge in [0.2, 0.25) is 5.91 Å². The van der Waals surface area contributed by atoms with Gasteiger partial charge in [0.15, 0.2) is 0 Å². The first kappa shape index (κ1) is 13.3. The summed E-state index contributed by atoms with van der Waals surface area (Å²) < 4.78 is 0. The summed E-state index contributed by atoms with van der Waals surface area (Å²) in [6.07, 6.45) is 0. The molecular formula is C16H17NO2. The van der Waals surface area contributed by atoms with Gasteiger partial charge in [0.25, 0.3) is 0 Å². The Hall–Kier alpha value is -2.13. The van der Waals surface area contributed by atoms with Gasteiger partial charge in [-0.1, -0.05) is 54.6 Å². The van der Waals surface area contributed by atoms with E-state index < -0.39 is 6.61 Å². The zero-order valence-corrected chi connectivity index (χ0v) is 10.8.